The second kappa shape index (κ2) is 9.25. The highest BCUT2D eigenvalue weighted by Crippen LogP contribution is 2.33. The van der Waals surface area contributed by atoms with Crippen molar-refractivity contribution in [3.63, 3.8) is 0 Å². The number of allylic oxidation sites excluding steroid dienone is 3. The van der Waals surface area contributed by atoms with Crippen LogP contribution in [0.25, 0.3) is 27.8 Å². The van der Waals surface area contributed by atoms with Crippen LogP contribution in [0.2, 0.25) is 0 Å². The molecule has 0 saturated heterocycles. The molecular weight excluding hydrogens is 397 g/mol. The lowest BCUT2D eigenvalue weighted by atomic mass is 9.92. The van der Waals surface area contributed by atoms with E-state index in [4.69, 9.17) is 4.74 Å². The topological polar surface area (TPSA) is 9.23 Å². The minimum absolute atomic E-state index is 0.122. The third-order valence-electron chi connectivity index (χ3n) is 5.52. The fraction of sp³-hybridized carbons (Fsp3) is 0.185. The van der Waals surface area contributed by atoms with Crippen LogP contribution in [-0.2, 0) is 0 Å². The van der Waals surface area contributed by atoms with E-state index >= 15 is 0 Å². The normalized spacial score (nSPS) is 14.0. The molecule has 1 nitrogen and oxygen atoms in total. The monoisotopic (exact) mass is 420 g/mol. The Morgan fingerprint density at radius 1 is 0.774 bits per heavy atom. The first-order valence-corrected chi connectivity index (χ1v) is 10.4. The molecule has 0 bridgehead atoms. The van der Waals surface area contributed by atoms with Gasteiger partial charge in [0.25, 0.3) is 0 Å². The van der Waals surface area contributed by atoms with E-state index in [2.05, 4.69) is 6.08 Å². The molecular formula is C27H23F3O. The molecule has 0 amide bonds. The maximum absolute atomic E-state index is 14.8. The standard InChI is InChI=1S/C27H23F3O/c1-2-16-31-25-15-14-23(26(29)27(25)30)20-10-8-19(9-11-20)22-13-12-21(17-24(22)28)18-6-4-3-5-7-18/h2,6,8-17H,3-5,7H2,1H3/b16-2-. The Labute approximate surface area is 180 Å². The highest BCUT2D eigenvalue weighted by atomic mass is 19.2. The van der Waals surface area contributed by atoms with Gasteiger partial charge < -0.3 is 4.74 Å². The average Bonchev–Trinajstić information content (AvgIpc) is 2.81. The van der Waals surface area contributed by atoms with Gasteiger partial charge in [-0.2, -0.15) is 4.39 Å². The van der Waals surface area contributed by atoms with E-state index in [-0.39, 0.29) is 17.1 Å². The van der Waals surface area contributed by atoms with Crippen LogP contribution < -0.4 is 4.74 Å². The van der Waals surface area contributed by atoms with Crippen LogP contribution in [0.1, 0.15) is 38.2 Å². The van der Waals surface area contributed by atoms with Crippen LogP contribution in [0.15, 0.2) is 73.0 Å². The van der Waals surface area contributed by atoms with Crippen molar-refractivity contribution in [2.24, 2.45) is 0 Å². The number of rotatable bonds is 5. The summed E-state index contributed by atoms with van der Waals surface area (Å²) in [4.78, 5) is 0. The highest BCUT2D eigenvalue weighted by molar-refractivity contribution is 5.74. The van der Waals surface area contributed by atoms with E-state index < -0.39 is 11.6 Å². The summed E-state index contributed by atoms with van der Waals surface area (Å²) in [6, 6.07) is 14.9. The fourth-order valence-corrected chi connectivity index (χ4v) is 3.87. The third kappa shape index (κ3) is 4.43. The van der Waals surface area contributed by atoms with E-state index in [9.17, 15) is 13.2 Å². The van der Waals surface area contributed by atoms with Crippen molar-refractivity contribution in [3.05, 3.63) is 96.0 Å². The molecule has 3 aromatic carbocycles. The Morgan fingerprint density at radius 2 is 1.45 bits per heavy atom. The molecule has 0 N–H and O–H groups in total. The van der Waals surface area contributed by atoms with Crippen molar-refractivity contribution in [2.75, 3.05) is 0 Å². The smallest absolute Gasteiger partial charge is 0.201 e. The van der Waals surface area contributed by atoms with Crippen molar-refractivity contribution in [2.45, 2.75) is 32.6 Å². The molecule has 3 aromatic rings. The number of hydrogen-bond donors (Lipinski definition) is 0. The van der Waals surface area contributed by atoms with E-state index in [1.54, 1.807) is 49.4 Å². The zero-order valence-electron chi connectivity index (χ0n) is 17.3. The largest absolute Gasteiger partial charge is 0.462 e. The van der Waals surface area contributed by atoms with Crippen LogP contribution in [-0.4, -0.2) is 0 Å². The van der Waals surface area contributed by atoms with E-state index in [0.29, 0.717) is 16.7 Å². The summed E-state index contributed by atoms with van der Waals surface area (Å²) in [6.07, 6.45) is 9.41. The number of halogens is 3. The zero-order chi connectivity index (χ0) is 21.8. The maximum Gasteiger partial charge on any atom is 0.201 e. The summed E-state index contributed by atoms with van der Waals surface area (Å²) in [5.41, 5.74) is 3.91. The van der Waals surface area contributed by atoms with Gasteiger partial charge in [0.2, 0.25) is 5.82 Å². The molecule has 0 aromatic heterocycles. The Hall–Kier alpha value is -3.27. The fourth-order valence-electron chi connectivity index (χ4n) is 3.87. The second-order valence-electron chi connectivity index (χ2n) is 7.57. The van der Waals surface area contributed by atoms with Gasteiger partial charge in [-0.15, -0.1) is 0 Å². The van der Waals surface area contributed by atoms with Gasteiger partial charge in [0, 0.05) is 11.1 Å². The number of benzene rings is 3. The minimum atomic E-state index is -1.04. The van der Waals surface area contributed by atoms with Crippen LogP contribution >= 0.6 is 0 Å². The van der Waals surface area contributed by atoms with Gasteiger partial charge in [0.1, 0.15) is 5.82 Å². The van der Waals surface area contributed by atoms with Crippen LogP contribution in [0, 0.1) is 17.5 Å². The Bertz CT molecular complexity index is 1140. The average molecular weight is 420 g/mol. The maximum atomic E-state index is 14.8. The molecule has 0 radical (unpaired) electrons. The van der Waals surface area contributed by atoms with Gasteiger partial charge in [0.15, 0.2) is 11.6 Å². The first-order valence-electron chi connectivity index (χ1n) is 10.4. The highest BCUT2D eigenvalue weighted by Gasteiger charge is 2.16. The Balaban J connectivity index is 1.60. The molecule has 1 aliphatic carbocycles. The van der Waals surface area contributed by atoms with Crippen LogP contribution in [0.3, 0.4) is 0 Å². The predicted molar refractivity (Wildman–Crippen MR) is 119 cm³/mol. The Morgan fingerprint density at radius 3 is 2.10 bits per heavy atom. The van der Waals surface area contributed by atoms with Crippen LogP contribution in [0.5, 0.6) is 5.75 Å². The van der Waals surface area contributed by atoms with E-state index in [1.807, 2.05) is 6.07 Å². The van der Waals surface area contributed by atoms with Gasteiger partial charge in [-0.25, -0.2) is 8.78 Å². The van der Waals surface area contributed by atoms with Gasteiger partial charge in [-0.05, 0) is 73.1 Å². The molecule has 0 atom stereocenters. The lowest BCUT2D eigenvalue weighted by molar-refractivity contribution is 0.415. The summed E-state index contributed by atoms with van der Waals surface area (Å²) in [6.45, 7) is 1.72. The quantitative estimate of drug-likeness (QED) is 0.377. The summed E-state index contributed by atoms with van der Waals surface area (Å²) in [5.74, 6) is -2.49. The summed E-state index contributed by atoms with van der Waals surface area (Å²) in [5, 5.41) is 0. The molecule has 0 heterocycles. The molecule has 0 fully saturated rings. The van der Waals surface area contributed by atoms with Gasteiger partial charge in [-0.1, -0.05) is 48.6 Å². The van der Waals surface area contributed by atoms with Crippen molar-refractivity contribution in [1.82, 2.24) is 0 Å². The zero-order valence-corrected chi connectivity index (χ0v) is 17.3. The number of ether oxygens (including phenoxy) is 1. The minimum Gasteiger partial charge on any atom is -0.462 e. The SMILES string of the molecule is C/C=C\Oc1ccc(-c2ccc(-c3ccc(C4=CCCCC4)cc3F)cc2)c(F)c1F. The first kappa shape index (κ1) is 21.0. The second-order valence-corrected chi connectivity index (χ2v) is 7.57. The first-order chi connectivity index (χ1) is 15.1. The molecule has 4 heteroatoms. The van der Waals surface area contributed by atoms with Crippen molar-refractivity contribution in [1.29, 1.82) is 0 Å². The molecule has 1 aliphatic rings. The molecule has 0 spiro atoms. The molecule has 0 saturated carbocycles. The molecule has 0 aliphatic heterocycles. The summed E-state index contributed by atoms with van der Waals surface area (Å²) >= 11 is 0. The molecule has 4 rings (SSSR count). The summed E-state index contributed by atoms with van der Waals surface area (Å²) < 4.78 is 48.7. The predicted octanol–water partition coefficient (Wildman–Crippen LogP) is 8.31. The Kier molecular flexibility index (Phi) is 6.26. The van der Waals surface area contributed by atoms with Crippen molar-refractivity contribution >= 4 is 5.57 Å². The third-order valence-corrected chi connectivity index (χ3v) is 5.52. The molecule has 31 heavy (non-hydrogen) atoms. The van der Waals surface area contributed by atoms with E-state index in [0.717, 1.165) is 24.8 Å². The lowest BCUT2D eigenvalue weighted by Gasteiger charge is -2.14. The van der Waals surface area contributed by atoms with Crippen molar-refractivity contribution in [3.8, 4) is 28.0 Å². The van der Waals surface area contributed by atoms with Crippen molar-refractivity contribution < 1.29 is 17.9 Å². The number of hydrogen-bond acceptors (Lipinski definition) is 1. The molecule has 0 unspecified atom stereocenters. The van der Waals surface area contributed by atoms with E-state index in [1.165, 1.54) is 30.4 Å². The van der Waals surface area contributed by atoms with Crippen LogP contribution in [0.4, 0.5) is 13.2 Å². The van der Waals surface area contributed by atoms with Gasteiger partial charge in [-0.3, -0.25) is 0 Å². The van der Waals surface area contributed by atoms with Gasteiger partial charge >= 0.3 is 0 Å². The summed E-state index contributed by atoms with van der Waals surface area (Å²) in [7, 11) is 0. The van der Waals surface area contributed by atoms with Gasteiger partial charge in [0.05, 0.1) is 6.26 Å². The lowest BCUT2D eigenvalue weighted by Crippen LogP contribution is -1.95. The molecule has 158 valence electrons.